The zero-order chi connectivity index (χ0) is 24.5. The van der Waals surface area contributed by atoms with E-state index in [1.165, 1.54) is 12.1 Å². The minimum Gasteiger partial charge on any atom is -0.454 e. The monoisotopic (exact) mass is 491 g/mol. The smallest absolute Gasteiger partial charge is 0.246 e. The van der Waals surface area contributed by atoms with Crippen molar-refractivity contribution in [1.29, 1.82) is 0 Å². The topological polar surface area (TPSA) is 68.0 Å². The highest BCUT2D eigenvalue weighted by Crippen LogP contribution is 2.34. The molecular formula is C28H30FN3O4. The number of ether oxygens (including phenoxy) is 2. The maximum Gasteiger partial charge on any atom is 0.246 e. The van der Waals surface area contributed by atoms with Gasteiger partial charge in [0.1, 0.15) is 5.82 Å². The summed E-state index contributed by atoms with van der Waals surface area (Å²) in [5.41, 5.74) is 2.40. The summed E-state index contributed by atoms with van der Waals surface area (Å²) in [7, 11) is 0. The van der Waals surface area contributed by atoms with Crippen LogP contribution in [0.1, 0.15) is 42.9 Å². The van der Waals surface area contributed by atoms with Crippen molar-refractivity contribution in [3.05, 3.63) is 59.5 Å². The number of halogens is 1. The molecule has 6 rings (SSSR count). The second-order valence-corrected chi connectivity index (χ2v) is 10.0. The molecule has 0 unspecified atom stereocenters. The number of carbonyl (C=O) groups is 1. The van der Waals surface area contributed by atoms with Gasteiger partial charge < -0.3 is 23.8 Å². The number of nitrogens with zero attached hydrogens (tertiary/aromatic N) is 3. The Morgan fingerprint density at radius 3 is 2.81 bits per heavy atom. The fourth-order valence-electron chi connectivity index (χ4n) is 5.68. The highest BCUT2D eigenvalue weighted by molar-refractivity contribution is 5.92. The summed E-state index contributed by atoms with van der Waals surface area (Å²) in [6.07, 6.45) is 7.71. The highest BCUT2D eigenvalue weighted by Gasteiger charge is 2.29. The van der Waals surface area contributed by atoms with Gasteiger partial charge in [0.05, 0.1) is 5.69 Å². The van der Waals surface area contributed by atoms with E-state index >= 15 is 0 Å². The fraction of sp³-hybridized carbons (Fsp3) is 0.429. The van der Waals surface area contributed by atoms with Crippen molar-refractivity contribution in [3.8, 4) is 11.5 Å². The number of likely N-dealkylation sites (tertiary alicyclic amines) is 2. The summed E-state index contributed by atoms with van der Waals surface area (Å²) in [4.78, 5) is 17.4. The third-order valence-electron chi connectivity index (χ3n) is 7.60. The Morgan fingerprint density at radius 2 is 1.92 bits per heavy atom. The van der Waals surface area contributed by atoms with Gasteiger partial charge in [-0.15, -0.1) is 0 Å². The standard InChI is InChI=1S/C28H30FN3O4/c29-22-5-6-23-25(15-22)36-30-28(23)21-9-12-31(13-10-21)16-20-2-1-11-32(17-20)27(33)8-4-19-3-7-24-26(14-19)35-18-34-24/h3-8,14-15,20-21H,1-2,9-13,16-18H2/b8-4+/t20-/m0/s1. The molecule has 0 aliphatic carbocycles. The number of rotatable bonds is 5. The maximum absolute atomic E-state index is 13.5. The summed E-state index contributed by atoms with van der Waals surface area (Å²) < 4.78 is 29.6. The molecule has 3 aliphatic heterocycles. The van der Waals surface area contributed by atoms with Gasteiger partial charge in [-0.05, 0) is 80.6 Å². The number of piperidine rings is 2. The van der Waals surface area contributed by atoms with Crippen LogP contribution in [0.15, 0.2) is 47.0 Å². The molecule has 1 atom stereocenters. The molecule has 2 aromatic carbocycles. The van der Waals surface area contributed by atoms with Gasteiger partial charge in [0, 0.05) is 43.1 Å². The SMILES string of the molecule is O=C(/C=C/c1ccc2c(c1)OCO2)N1CCC[C@@H](CN2CCC(c3noc4cc(F)ccc34)CC2)C1. The van der Waals surface area contributed by atoms with E-state index in [0.717, 1.165) is 86.5 Å². The lowest BCUT2D eigenvalue weighted by Crippen LogP contribution is -2.44. The number of carbonyl (C=O) groups excluding carboxylic acids is 1. The van der Waals surface area contributed by atoms with Gasteiger partial charge in [0.15, 0.2) is 17.1 Å². The first kappa shape index (κ1) is 23.0. The quantitative estimate of drug-likeness (QED) is 0.477. The zero-order valence-electron chi connectivity index (χ0n) is 20.2. The number of aromatic nitrogens is 1. The van der Waals surface area contributed by atoms with Crippen LogP contribution < -0.4 is 9.47 Å². The van der Waals surface area contributed by atoms with E-state index in [-0.39, 0.29) is 18.5 Å². The zero-order valence-corrected chi connectivity index (χ0v) is 20.2. The molecule has 0 spiro atoms. The molecule has 1 aromatic heterocycles. The van der Waals surface area contributed by atoms with E-state index < -0.39 is 0 Å². The second-order valence-electron chi connectivity index (χ2n) is 10.0. The van der Waals surface area contributed by atoms with Crippen LogP contribution in [0.25, 0.3) is 17.0 Å². The van der Waals surface area contributed by atoms with Gasteiger partial charge >= 0.3 is 0 Å². The summed E-state index contributed by atoms with van der Waals surface area (Å²) in [5.74, 6) is 2.03. The molecule has 3 aromatic rings. The van der Waals surface area contributed by atoms with E-state index in [1.54, 1.807) is 12.1 Å². The first-order valence-electron chi connectivity index (χ1n) is 12.8. The minimum atomic E-state index is -0.302. The minimum absolute atomic E-state index is 0.0606. The Hall–Kier alpha value is -3.39. The Balaban J connectivity index is 1.01. The first-order valence-corrected chi connectivity index (χ1v) is 12.8. The molecule has 0 bridgehead atoms. The van der Waals surface area contributed by atoms with Crippen molar-refractivity contribution >= 4 is 23.0 Å². The molecule has 4 heterocycles. The summed E-state index contributed by atoms with van der Waals surface area (Å²) >= 11 is 0. The number of hydrogen-bond donors (Lipinski definition) is 0. The van der Waals surface area contributed by atoms with Gasteiger partial charge in [-0.2, -0.15) is 0 Å². The van der Waals surface area contributed by atoms with Crippen molar-refractivity contribution in [1.82, 2.24) is 15.0 Å². The Kier molecular flexibility index (Phi) is 6.35. The predicted molar refractivity (Wildman–Crippen MR) is 133 cm³/mol. The average molecular weight is 492 g/mol. The Bertz CT molecular complexity index is 1280. The number of fused-ring (bicyclic) bond motifs is 2. The lowest BCUT2D eigenvalue weighted by Gasteiger charge is -2.37. The molecule has 8 heteroatoms. The summed E-state index contributed by atoms with van der Waals surface area (Å²) in [6, 6.07) is 10.4. The van der Waals surface area contributed by atoms with Gasteiger partial charge in [-0.1, -0.05) is 11.2 Å². The number of hydrogen-bond acceptors (Lipinski definition) is 6. The lowest BCUT2D eigenvalue weighted by molar-refractivity contribution is -0.127. The molecular weight excluding hydrogens is 461 g/mol. The molecule has 1 amide bonds. The van der Waals surface area contributed by atoms with Crippen LogP contribution in [0, 0.1) is 11.7 Å². The molecule has 36 heavy (non-hydrogen) atoms. The first-order chi connectivity index (χ1) is 17.6. The van der Waals surface area contributed by atoms with Gasteiger partial charge in [0.25, 0.3) is 0 Å². The van der Waals surface area contributed by atoms with Crippen molar-refractivity contribution < 1.29 is 23.2 Å². The highest BCUT2D eigenvalue weighted by atomic mass is 19.1. The van der Waals surface area contributed by atoms with E-state index in [0.29, 0.717) is 17.4 Å². The summed E-state index contributed by atoms with van der Waals surface area (Å²) in [5, 5.41) is 5.18. The van der Waals surface area contributed by atoms with Crippen molar-refractivity contribution in [2.24, 2.45) is 5.92 Å². The van der Waals surface area contributed by atoms with Crippen LogP contribution in [0.2, 0.25) is 0 Å². The molecule has 188 valence electrons. The van der Waals surface area contributed by atoms with Crippen LogP contribution in [0.3, 0.4) is 0 Å². The van der Waals surface area contributed by atoms with Crippen LogP contribution >= 0.6 is 0 Å². The van der Waals surface area contributed by atoms with Crippen LogP contribution in [0.4, 0.5) is 4.39 Å². The molecule has 0 N–H and O–H groups in total. The molecule has 0 saturated carbocycles. The molecule has 7 nitrogen and oxygen atoms in total. The van der Waals surface area contributed by atoms with Gasteiger partial charge in [0.2, 0.25) is 12.7 Å². The van der Waals surface area contributed by atoms with E-state index in [1.807, 2.05) is 29.2 Å². The van der Waals surface area contributed by atoms with Crippen LogP contribution in [0.5, 0.6) is 11.5 Å². The maximum atomic E-state index is 13.5. The van der Waals surface area contributed by atoms with E-state index in [9.17, 15) is 9.18 Å². The van der Waals surface area contributed by atoms with Gasteiger partial charge in [-0.3, -0.25) is 4.79 Å². The predicted octanol–water partition coefficient (Wildman–Crippen LogP) is 4.83. The largest absolute Gasteiger partial charge is 0.454 e. The van der Waals surface area contributed by atoms with E-state index in [4.69, 9.17) is 14.0 Å². The molecule has 2 fully saturated rings. The summed E-state index contributed by atoms with van der Waals surface area (Å²) in [6.45, 7) is 4.84. The molecule has 0 radical (unpaired) electrons. The van der Waals surface area contributed by atoms with Crippen LogP contribution in [-0.4, -0.2) is 60.4 Å². The van der Waals surface area contributed by atoms with Crippen molar-refractivity contribution in [2.75, 3.05) is 39.5 Å². The number of amides is 1. The number of benzene rings is 2. The third-order valence-corrected chi connectivity index (χ3v) is 7.60. The normalized spacial score (nSPS) is 21.0. The van der Waals surface area contributed by atoms with Crippen LogP contribution in [-0.2, 0) is 4.79 Å². The third kappa shape index (κ3) is 4.82. The fourth-order valence-corrected chi connectivity index (χ4v) is 5.68. The lowest BCUT2D eigenvalue weighted by atomic mass is 9.90. The second kappa shape index (κ2) is 9.93. The average Bonchev–Trinajstić information content (AvgIpc) is 3.54. The van der Waals surface area contributed by atoms with Gasteiger partial charge in [-0.25, -0.2) is 4.39 Å². The Morgan fingerprint density at radius 1 is 1.06 bits per heavy atom. The van der Waals surface area contributed by atoms with Crippen molar-refractivity contribution in [3.63, 3.8) is 0 Å². The molecule has 2 saturated heterocycles. The molecule has 3 aliphatic rings. The Labute approximate surface area is 209 Å². The van der Waals surface area contributed by atoms with Crippen molar-refractivity contribution in [2.45, 2.75) is 31.6 Å². The van der Waals surface area contributed by atoms with E-state index in [2.05, 4.69) is 10.1 Å².